The summed E-state index contributed by atoms with van der Waals surface area (Å²) in [4.78, 5) is 16.8. The SMILES string of the molecule is Cc1ccc(S(=O)(=O)Nc2cc(C)cc(C(=O)NCc3ccccn3)c2)cc1. The van der Waals surface area contributed by atoms with E-state index < -0.39 is 10.0 Å². The Morgan fingerprint density at radius 3 is 2.39 bits per heavy atom. The van der Waals surface area contributed by atoms with Gasteiger partial charge in [0, 0.05) is 17.4 Å². The van der Waals surface area contributed by atoms with Crippen LogP contribution in [0.15, 0.2) is 71.8 Å². The van der Waals surface area contributed by atoms with Crippen LogP contribution in [0.2, 0.25) is 0 Å². The molecule has 0 unspecified atom stereocenters. The van der Waals surface area contributed by atoms with Crippen molar-refractivity contribution >= 4 is 21.6 Å². The number of hydrogen-bond donors (Lipinski definition) is 2. The molecule has 2 N–H and O–H groups in total. The monoisotopic (exact) mass is 395 g/mol. The van der Waals surface area contributed by atoms with Crippen molar-refractivity contribution in [2.75, 3.05) is 4.72 Å². The predicted octanol–water partition coefficient (Wildman–Crippen LogP) is 3.43. The molecule has 0 atom stereocenters. The molecule has 0 spiro atoms. The summed E-state index contributed by atoms with van der Waals surface area (Å²) in [6, 6.07) is 16.9. The van der Waals surface area contributed by atoms with Crippen LogP contribution in [0, 0.1) is 13.8 Å². The maximum Gasteiger partial charge on any atom is 0.261 e. The second-order valence-electron chi connectivity index (χ2n) is 6.51. The summed E-state index contributed by atoms with van der Waals surface area (Å²) in [5.41, 5.74) is 3.19. The fourth-order valence-electron chi connectivity index (χ4n) is 2.68. The third kappa shape index (κ3) is 4.95. The van der Waals surface area contributed by atoms with Crippen LogP contribution in [0.3, 0.4) is 0 Å². The second kappa shape index (κ2) is 8.22. The van der Waals surface area contributed by atoms with Crippen molar-refractivity contribution < 1.29 is 13.2 Å². The molecule has 2 aromatic carbocycles. The highest BCUT2D eigenvalue weighted by molar-refractivity contribution is 7.92. The minimum absolute atomic E-state index is 0.167. The molecule has 0 aliphatic heterocycles. The molecule has 0 fully saturated rings. The maximum atomic E-state index is 12.6. The molecule has 7 heteroatoms. The second-order valence-corrected chi connectivity index (χ2v) is 8.19. The van der Waals surface area contributed by atoms with E-state index in [2.05, 4.69) is 15.0 Å². The zero-order valence-corrected chi connectivity index (χ0v) is 16.5. The van der Waals surface area contributed by atoms with Gasteiger partial charge in [0.25, 0.3) is 15.9 Å². The van der Waals surface area contributed by atoms with Gasteiger partial charge in [0.2, 0.25) is 0 Å². The molecule has 0 saturated carbocycles. The number of amides is 1. The number of aromatic nitrogens is 1. The van der Waals surface area contributed by atoms with Crippen LogP contribution in [0.1, 0.15) is 27.2 Å². The Hall–Kier alpha value is -3.19. The number of anilines is 1. The van der Waals surface area contributed by atoms with Crippen LogP contribution < -0.4 is 10.0 Å². The first-order valence-corrected chi connectivity index (χ1v) is 10.2. The number of nitrogens with zero attached hydrogens (tertiary/aromatic N) is 1. The molecule has 3 aromatic rings. The molecule has 1 aromatic heterocycles. The zero-order chi connectivity index (χ0) is 20.1. The number of benzene rings is 2. The minimum Gasteiger partial charge on any atom is -0.346 e. The molecule has 0 radical (unpaired) electrons. The third-order valence-electron chi connectivity index (χ3n) is 4.08. The molecule has 144 valence electrons. The fourth-order valence-corrected chi connectivity index (χ4v) is 3.72. The van der Waals surface area contributed by atoms with E-state index in [1.165, 1.54) is 6.07 Å². The number of nitrogens with one attached hydrogen (secondary N) is 2. The zero-order valence-electron chi connectivity index (χ0n) is 15.6. The van der Waals surface area contributed by atoms with E-state index in [-0.39, 0.29) is 17.3 Å². The molecule has 1 amide bonds. The fraction of sp³-hybridized carbons (Fsp3) is 0.143. The molecule has 0 aliphatic carbocycles. The highest BCUT2D eigenvalue weighted by Gasteiger charge is 2.15. The first-order chi connectivity index (χ1) is 13.3. The number of sulfonamides is 1. The van der Waals surface area contributed by atoms with Gasteiger partial charge in [-0.1, -0.05) is 23.8 Å². The van der Waals surface area contributed by atoms with E-state index in [1.54, 1.807) is 55.6 Å². The summed E-state index contributed by atoms with van der Waals surface area (Å²) in [6.45, 7) is 3.98. The number of aryl methyl sites for hydroxylation is 2. The van der Waals surface area contributed by atoms with Crippen LogP contribution in [-0.4, -0.2) is 19.3 Å². The Morgan fingerprint density at radius 1 is 0.964 bits per heavy atom. The molecule has 1 heterocycles. The minimum atomic E-state index is -3.74. The van der Waals surface area contributed by atoms with Crippen molar-refractivity contribution in [1.82, 2.24) is 10.3 Å². The van der Waals surface area contributed by atoms with Gasteiger partial charge in [-0.3, -0.25) is 14.5 Å². The molecule has 0 saturated heterocycles. The third-order valence-corrected chi connectivity index (χ3v) is 5.48. The van der Waals surface area contributed by atoms with Gasteiger partial charge in [-0.05, 0) is 61.9 Å². The van der Waals surface area contributed by atoms with Crippen molar-refractivity contribution in [2.45, 2.75) is 25.3 Å². The summed E-state index contributed by atoms with van der Waals surface area (Å²) >= 11 is 0. The van der Waals surface area contributed by atoms with Gasteiger partial charge in [-0.25, -0.2) is 8.42 Å². The lowest BCUT2D eigenvalue weighted by molar-refractivity contribution is 0.0950. The Bertz CT molecular complexity index is 1080. The lowest BCUT2D eigenvalue weighted by Gasteiger charge is -2.11. The summed E-state index contributed by atoms with van der Waals surface area (Å²) in [6.07, 6.45) is 1.66. The molecule has 6 nitrogen and oxygen atoms in total. The molecule has 0 aliphatic rings. The Morgan fingerprint density at radius 2 is 1.71 bits per heavy atom. The number of hydrogen-bond acceptors (Lipinski definition) is 4. The largest absolute Gasteiger partial charge is 0.346 e. The van der Waals surface area contributed by atoms with Crippen molar-refractivity contribution in [3.8, 4) is 0 Å². The van der Waals surface area contributed by atoms with E-state index >= 15 is 0 Å². The van der Waals surface area contributed by atoms with Gasteiger partial charge in [0.1, 0.15) is 0 Å². The number of carbonyl (C=O) groups is 1. The average molecular weight is 395 g/mol. The van der Waals surface area contributed by atoms with E-state index in [0.717, 1.165) is 16.8 Å². The Kier molecular flexibility index (Phi) is 5.75. The van der Waals surface area contributed by atoms with Gasteiger partial charge < -0.3 is 5.32 Å². The summed E-state index contributed by atoms with van der Waals surface area (Å²) in [5.74, 6) is -0.301. The van der Waals surface area contributed by atoms with Crippen molar-refractivity contribution in [3.63, 3.8) is 0 Å². The van der Waals surface area contributed by atoms with E-state index in [4.69, 9.17) is 0 Å². The average Bonchev–Trinajstić information content (AvgIpc) is 2.66. The van der Waals surface area contributed by atoms with Crippen LogP contribution in [0.4, 0.5) is 5.69 Å². The van der Waals surface area contributed by atoms with Crippen molar-refractivity contribution in [3.05, 3.63) is 89.2 Å². The van der Waals surface area contributed by atoms with Crippen molar-refractivity contribution in [2.24, 2.45) is 0 Å². The lowest BCUT2D eigenvalue weighted by Crippen LogP contribution is -2.23. The Labute approximate surface area is 164 Å². The maximum absolute atomic E-state index is 12.6. The predicted molar refractivity (Wildman–Crippen MR) is 109 cm³/mol. The van der Waals surface area contributed by atoms with Gasteiger partial charge >= 0.3 is 0 Å². The summed E-state index contributed by atoms with van der Waals surface area (Å²) < 4.78 is 27.7. The summed E-state index contributed by atoms with van der Waals surface area (Å²) in [7, 11) is -3.74. The van der Waals surface area contributed by atoms with Gasteiger partial charge in [0.05, 0.1) is 17.1 Å². The topological polar surface area (TPSA) is 88.2 Å². The Balaban J connectivity index is 1.77. The lowest BCUT2D eigenvalue weighted by atomic mass is 10.1. The van der Waals surface area contributed by atoms with Crippen LogP contribution in [0.25, 0.3) is 0 Å². The first kappa shape index (κ1) is 19.6. The highest BCUT2D eigenvalue weighted by Crippen LogP contribution is 2.20. The van der Waals surface area contributed by atoms with Gasteiger partial charge in [-0.2, -0.15) is 0 Å². The standard InChI is InChI=1S/C21H21N3O3S/c1-15-6-8-20(9-7-15)28(26,27)24-19-12-16(2)11-17(13-19)21(25)23-14-18-5-3-4-10-22-18/h3-13,24H,14H2,1-2H3,(H,23,25). The van der Waals surface area contributed by atoms with E-state index in [1.807, 2.05) is 19.1 Å². The normalized spacial score (nSPS) is 11.1. The molecule has 3 rings (SSSR count). The first-order valence-electron chi connectivity index (χ1n) is 8.73. The van der Waals surface area contributed by atoms with Crippen molar-refractivity contribution in [1.29, 1.82) is 0 Å². The smallest absolute Gasteiger partial charge is 0.261 e. The van der Waals surface area contributed by atoms with Crippen LogP contribution in [0.5, 0.6) is 0 Å². The van der Waals surface area contributed by atoms with E-state index in [0.29, 0.717) is 11.3 Å². The molecular formula is C21H21N3O3S. The summed E-state index contributed by atoms with van der Waals surface area (Å²) in [5, 5.41) is 2.79. The van der Waals surface area contributed by atoms with Gasteiger partial charge in [-0.15, -0.1) is 0 Å². The molecule has 0 bridgehead atoms. The number of carbonyl (C=O) groups excluding carboxylic acids is 1. The number of pyridine rings is 1. The van der Waals surface area contributed by atoms with Crippen LogP contribution >= 0.6 is 0 Å². The van der Waals surface area contributed by atoms with Crippen LogP contribution in [-0.2, 0) is 16.6 Å². The molecule has 28 heavy (non-hydrogen) atoms. The number of rotatable bonds is 6. The van der Waals surface area contributed by atoms with E-state index in [9.17, 15) is 13.2 Å². The highest BCUT2D eigenvalue weighted by atomic mass is 32.2. The quantitative estimate of drug-likeness (QED) is 0.669. The van der Waals surface area contributed by atoms with Gasteiger partial charge in [0.15, 0.2) is 0 Å². The molecular weight excluding hydrogens is 374 g/mol.